The van der Waals surface area contributed by atoms with Crippen LogP contribution >= 0.6 is 0 Å². The standard InChI is InChI=1S/C14H21N3O2/c1-9-4-5-11(8-10(9)2)15-13-7-6-12(16-17-13)14(18)19-3/h6-7,9-11H,4-5,8H2,1-3H3,(H,15,17). The number of nitrogens with one attached hydrogen (secondary N) is 1. The molecule has 5 heteroatoms. The van der Waals surface area contributed by atoms with E-state index in [1.165, 1.54) is 13.5 Å². The second kappa shape index (κ2) is 5.99. The Morgan fingerprint density at radius 3 is 2.63 bits per heavy atom. The highest BCUT2D eigenvalue weighted by Crippen LogP contribution is 2.30. The molecule has 1 aliphatic rings. The Balaban J connectivity index is 1.94. The molecule has 5 nitrogen and oxygen atoms in total. The summed E-state index contributed by atoms with van der Waals surface area (Å²) in [6, 6.07) is 3.86. The average molecular weight is 263 g/mol. The molecule has 0 bridgehead atoms. The number of nitrogens with zero attached hydrogens (tertiary/aromatic N) is 2. The molecule has 19 heavy (non-hydrogen) atoms. The lowest BCUT2D eigenvalue weighted by atomic mass is 9.79. The highest BCUT2D eigenvalue weighted by atomic mass is 16.5. The van der Waals surface area contributed by atoms with Gasteiger partial charge in [-0.2, -0.15) is 0 Å². The van der Waals surface area contributed by atoms with Gasteiger partial charge in [0.05, 0.1) is 7.11 Å². The van der Waals surface area contributed by atoms with Crippen LogP contribution in [0.1, 0.15) is 43.6 Å². The van der Waals surface area contributed by atoms with Gasteiger partial charge in [-0.15, -0.1) is 10.2 Å². The second-order valence-electron chi connectivity index (χ2n) is 5.40. The fourth-order valence-corrected chi connectivity index (χ4v) is 2.51. The van der Waals surface area contributed by atoms with E-state index in [0.717, 1.165) is 30.5 Å². The molecular weight excluding hydrogens is 242 g/mol. The maximum Gasteiger partial charge on any atom is 0.358 e. The van der Waals surface area contributed by atoms with Gasteiger partial charge < -0.3 is 10.1 Å². The molecule has 1 heterocycles. The normalized spacial score (nSPS) is 26.8. The van der Waals surface area contributed by atoms with Crippen molar-refractivity contribution in [3.05, 3.63) is 17.8 Å². The van der Waals surface area contributed by atoms with Crippen LogP contribution in [0.5, 0.6) is 0 Å². The van der Waals surface area contributed by atoms with Crippen molar-refractivity contribution in [2.75, 3.05) is 12.4 Å². The third kappa shape index (κ3) is 3.43. The van der Waals surface area contributed by atoms with Crippen LogP contribution in [0.25, 0.3) is 0 Å². The van der Waals surface area contributed by atoms with Crippen molar-refractivity contribution in [3.63, 3.8) is 0 Å². The molecule has 3 atom stereocenters. The molecule has 3 unspecified atom stereocenters. The summed E-state index contributed by atoms with van der Waals surface area (Å²) in [5.74, 6) is 1.79. The maximum absolute atomic E-state index is 11.2. The predicted octanol–water partition coefficient (Wildman–Crippen LogP) is 2.50. The Kier molecular flexibility index (Phi) is 4.35. The maximum atomic E-state index is 11.2. The number of anilines is 1. The number of rotatable bonds is 3. The largest absolute Gasteiger partial charge is 0.464 e. The molecule has 1 N–H and O–H groups in total. The molecule has 0 spiro atoms. The highest BCUT2D eigenvalue weighted by Gasteiger charge is 2.24. The van der Waals surface area contributed by atoms with E-state index in [4.69, 9.17) is 0 Å². The lowest BCUT2D eigenvalue weighted by Crippen LogP contribution is -2.30. The molecule has 0 aliphatic heterocycles. The van der Waals surface area contributed by atoms with E-state index in [1.54, 1.807) is 12.1 Å². The summed E-state index contributed by atoms with van der Waals surface area (Å²) >= 11 is 0. The van der Waals surface area contributed by atoms with Crippen LogP contribution in [-0.4, -0.2) is 29.3 Å². The van der Waals surface area contributed by atoms with Crippen LogP contribution < -0.4 is 5.32 Å². The molecule has 1 aliphatic carbocycles. The summed E-state index contributed by atoms with van der Waals surface area (Å²) in [7, 11) is 1.33. The predicted molar refractivity (Wildman–Crippen MR) is 73.0 cm³/mol. The number of ether oxygens (including phenoxy) is 1. The van der Waals surface area contributed by atoms with Gasteiger partial charge in [-0.1, -0.05) is 13.8 Å². The molecular formula is C14H21N3O2. The van der Waals surface area contributed by atoms with Crippen LogP contribution in [0.15, 0.2) is 12.1 Å². The Morgan fingerprint density at radius 2 is 2.05 bits per heavy atom. The molecule has 1 fully saturated rings. The SMILES string of the molecule is COC(=O)c1ccc(NC2CCC(C)C(C)C2)nn1. The minimum Gasteiger partial charge on any atom is -0.464 e. The molecule has 0 aromatic carbocycles. The van der Waals surface area contributed by atoms with E-state index in [-0.39, 0.29) is 5.69 Å². The zero-order valence-electron chi connectivity index (χ0n) is 11.7. The minimum atomic E-state index is -0.459. The van der Waals surface area contributed by atoms with Crippen molar-refractivity contribution >= 4 is 11.8 Å². The van der Waals surface area contributed by atoms with Crippen LogP contribution in [-0.2, 0) is 4.74 Å². The first kappa shape index (κ1) is 13.8. The van der Waals surface area contributed by atoms with Crippen molar-refractivity contribution in [1.29, 1.82) is 0 Å². The highest BCUT2D eigenvalue weighted by molar-refractivity contribution is 5.86. The van der Waals surface area contributed by atoms with Gasteiger partial charge in [0.1, 0.15) is 5.82 Å². The van der Waals surface area contributed by atoms with Gasteiger partial charge in [0.25, 0.3) is 0 Å². The number of hydrogen-bond acceptors (Lipinski definition) is 5. The van der Waals surface area contributed by atoms with Crippen molar-refractivity contribution in [2.45, 2.75) is 39.2 Å². The Labute approximate surface area is 113 Å². The summed E-state index contributed by atoms with van der Waals surface area (Å²) in [5, 5.41) is 11.3. The number of carbonyl (C=O) groups excluding carboxylic acids is 1. The Bertz CT molecular complexity index is 433. The second-order valence-corrected chi connectivity index (χ2v) is 5.40. The van der Waals surface area contributed by atoms with Gasteiger partial charge in [0.2, 0.25) is 0 Å². The smallest absolute Gasteiger partial charge is 0.358 e. The van der Waals surface area contributed by atoms with E-state index in [2.05, 4.69) is 34.1 Å². The minimum absolute atomic E-state index is 0.235. The molecule has 0 amide bonds. The lowest BCUT2D eigenvalue weighted by Gasteiger charge is -2.32. The molecule has 0 radical (unpaired) electrons. The molecule has 0 saturated heterocycles. The zero-order valence-corrected chi connectivity index (χ0v) is 11.7. The van der Waals surface area contributed by atoms with Gasteiger partial charge in [-0.05, 0) is 43.2 Å². The lowest BCUT2D eigenvalue weighted by molar-refractivity contribution is 0.0593. The molecule has 1 aromatic heterocycles. The topological polar surface area (TPSA) is 64.1 Å². The Hall–Kier alpha value is -1.65. The van der Waals surface area contributed by atoms with E-state index in [1.807, 2.05) is 0 Å². The molecule has 104 valence electrons. The van der Waals surface area contributed by atoms with Crippen LogP contribution in [0.2, 0.25) is 0 Å². The third-order valence-corrected chi connectivity index (χ3v) is 4.01. The van der Waals surface area contributed by atoms with Gasteiger partial charge >= 0.3 is 5.97 Å². The molecule has 1 aromatic rings. The van der Waals surface area contributed by atoms with Gasteiger partial charge in [-0.3, -0.25) is 0 Å². The van der Waals surface area contributed by atoms with Crippen LogP contribution in [0.4, 0.5) is 5.82 Å². The summed E-state index contributed by atoms with van der Waals surface area (Å²) in [4.78, 5) is 11.2. The van der Waals surface area contributed by atoms with Gasteiger partial charge in [0, 0.05) is 6.04 Å². The van der Waals surface area contributed by atoms with E-state index < -0.39 is 5.97 Å². The average Bonchev–Trinajstić information content (AvgIpc) is 2.43. The van der Waals surface area contributed by atoms with Crippen molar-refractivity contribution in [2.24, 2.45) is 11.8 Å². The summed E-state index contributed by atoms with van der Waals surface area (Å²) in [5.41, 5.74) is 0.235. The summed E-state index contributed by atoms with van der Waals surface area (Å²) in [6.07, 6.45) is 3.56. The van der Waals surface area contributed by atoms with E-state index >= 15 is 0 Å². The number of esters is 1. The summed E-state index contributed by atoms with van der Waals surface area (Å²) in [6.45, 7) is 4.61. The van der Waals surface area contributed by atoms with Crippen molar-refractivity contribution < 1.29 is 9.53 Å². The van der Waals surface area contributed by atoms with Gasteiger partial charge in [-0.25, -0.2) is 4.79 Å². The van der Waals surface area contributed by atoms with E-state index in [9.17, 15) is 4.79 Å². The fraction of sp³-hybridized carbons (Fsp3) is 0.643. The van der Waals surface area contributed by atoms with Crippen molar-refractivity contribution in [1.82, 2.24) is 10.2 Å². The fourth-order valence-electron chi connectivity index (χ4n) is 2.51. The first-order valence-electron chi connectivity index (χ1n) is 6.78. The number of hydrogen-bond donors (Lipinski definition) is 1. The van der Waals surface area contributed by atoms with Crippen molar-refractivity contribution in [3.8, 4) is 0 Å². The first-order chi connectivity index (χ1) is 9.10. The Morgan fingerprint density at radius 1 is 1.26 bits per heavy atom. The van der Waals surface area contributed by atoms with E-state index in [0.29, 0.717) is 6.04 Å². The van der Waals surface area contributed by atoms with Gasteiger partial charge in [0.15, 0.2) is 5.69 Å². The van der Waals surface area contributed by atoms with Crippen LogP contribution in [0, 0.1) is 11.8 Å². The first-order valence-corrected chi connectivity index (χ1v) is 6.78. The molecule has 1 saturated carbocycles. The summed E-state index contributed by atoms with van der Waals surface area (Å²) < 4.78 is 4.59. The number of carbonyl (C=O) groups is 1. The number of aromatic nitrogens is 2. The molecule has 2 rings (SSSR count). The number of methoxy groups -OCH3 is 1. The monoisotopic (exact) mass is 263 g/mol. The zero-order chi connectivity index (χ0) is 13.8. The quantitative estimate of drug-likeness (QED) is 0.849. The van der Waals surface area contributed by atoms with Crippen LogP contribution in [0.3, 0.4) is 0 Å². The third-order valence-electron chi connectivity index (χ3n) is 4.01.